The SMILES string of the molecule is COc1cccc(C(=O)N2CCc3c(c(C(=O)O)nn3-c3ccc(Br)cc3)C2)c1. The second kappa shape index (κ2) is 7.71. The molecule has 0 saturated carbocycles. The number of ether oxygens (including phenoxy) is 1. The lowest BCUT2D eigenvalue weighted by atomic mass is 10.0. The molecule has 0 fully saturated rings. The third kappa shape index (κ3) is 3.63. The van der Waals surface area contributed by atoms with Gasteiger partial charge < -0.3 is 14.7 Å². The fourth-order valence-electron chi connectivity index (χ4n) is 3.50. The number of nitrogens with zero attached hydrogens (tertiary/aromatic N) is 3. The van der Waals surface area contributed by atoms with Crippen molar-refractivity contribution in [3.05, 3.63) is 75.5 Å². The van der Waals surface area contributed by atoms with E-state index < -0.39 is 5.97 Å². The fraction of sp³-hybridized carbons (Fsp3) is 0.190. The van der Waals surface area contributed by atoms with E-state index in [2.05, 4.69) is 21.0 Å². The van der Waals surface area contributed by atoms with E-state index in [1.807, 2.05) is 24.3 Å². The number of benzene rings is 2. The Morgan fingerprint density at radius 3 is 2.62 bits per heavy atom. The van der Waals surface area contributed by atoms with Gasteiger partial charge in [0.15, 0.2) is 5.69 Å². The van der Waals surface area contributed by atoms with E-state index in [1.165, 1.54) is 0 Å². The Morgan fingerprint density at radius 1 is 1.17 bits per heavy atom. The quantitative estimate of drug-likeness (QED) is 0.650. The normalized spacial score (nSPS) is 13.1. The Labute approximate surface area is 175 Å². The van der Waals surface area contributed by atoms with Gasteiger partial charge in [-0.25, -0.2) is 9.48 Å². The van der Waals surface area contributed by atoms with Crippen molar-refractivity contribution >= 4 is 27.8 Å². The second-order valence-electron chi connectivity index (χ2n) is 6.68. The molecule has 0 unspecified atom stereocenters. The summed E-state index contributed by atoms with van der Waals surface area (Å²) in [4.78, 5) is 26.4. The Balaban J connectivity index is 1.69. The van der Waals surface area contributed by atoms with Crippen molar-refractivity contribution < 1.29 is 19.4 Å². The van der Waals surface area contributed by atoms with Crippen LogP contribution in [-0.4, -0.2) is 45.3 Å². The number of carbonyl (C=O) groups excluding carboxylic acids is 1. The van der Waals surface area contributed by atoms with Gasteiger partial charge in [0.2, 0.25) is 0 Å². The van der Waals surface area contributed by atoms with Gasteiger partial charge in [-0.1, -0.05) is 22.0 Å². The number of amides is 1. The van der Waals surface area contributed by atoms with E-state index in [1.54, 1.807) is 41.0 Å². The molecule has 2 heterocycles. The molecule has 0 aliphatic carbocycles. The molecule has 148 valence electrons. The van der Waals surface area contributed by atoms with Crippen LogP contribution in [0.25, 0.3) is 5.69 Å². The molecule has 1 amide bonds. The molecular formula is C21H18BrN3O4. The molecule has 3 aromatic rings. The maximum Gasteiger partial charge on any atom is 0.356 e. The summed E-state index contributed by atoms with van der Waals surface area (Å²) in [5.41, 5.74) is 2.66. The summed E-state index contributed by atoms with van der Waals surface area (Å²) in [6.07, 6.45) is 0.515. The standard InChI is InChI=1S/C21H18BrN3O4/c1-29-16-4-2-3-13(11-16)20(26)24-10-9-18-17(12-24)19(21(27)28)23-25(18)15-7-5-14(22)6-8-15/h2-8,11H,9-10,12H2,1H3,(H,27,28). The van der Waals surface area contributed by atoms with Gasteiger partial charge in [-0.3, -0.25) is 4.79 Å². The maximum atomic E-state index is 13.0. The molecule has 1 N–H and O–H groups in total. The molecule has 1 aromatic heterocycles. The summed E-state index contributed by atoms with van der Waals surface area (Å²) in [7, 11) is 1.55. The third-order valence-electron chi connectivity index (χ3n) is 4.94. The van der Waals surface area contributed by atoms with Crippen molar-refractivity contribution in [1.82, 2.24) is 14.7 Å². The van der Waals surface area contributed by atoms with Gasteiger partial charge in [-0.05, 0) is 42.5 Å². The van der Waals surface area contributed by atoms with Crippen LogP contribution in [0.2, 0.25) is 0 Å². The van der Waals surface area contributed by atoms with Gasteiger partial charge in [-0.15, -0.1) is 0 Å². The zero-order valence-corrected chi connectivity index (χ0v) is 17.2. The van der Waals surface area contributed by atoms with Gasteiger partial charge in [0.1, 0.15) is 5.75 Å². The van der Waals surface area contributed by atoms with Gasteiger partial charge in [0.25, 0.3) is 5.91 Å². The van der Waals surface area contributed by atoms with Crippen LogP contribution in [0.15, 0.2) is 53.0 Å². The minimum absolute atomic E-state index is 0.0222. The largest absolute Gasteiger partial charge is 0.497 e. The second-order valence-corrected chi connectivity index (χ2v) is 7.59. The van der Waals surface area contributed by atoms with E-state index in [0.717, 1.165) is 15.9 Å². The zero-order chi connectivity index (χ0) is 20.5. The predicted octanol–water partition coefficient (Wildman–Crippen LogP) is 3.54. The fourth-order valence-corrected chi connectivity index (χ4v) is 3.76. The Hall–Kier alpha value is -3.13. The molecule has 8 heteroatoms. The number of carbonyl (C=O) groups is 2. The molecule has 0 saturated heterocycles. The number of aromatic nitrogens is 2. The van der Waals surface area contributed by atoms with Crippen molar-refractivity contribution in [3.63, 3.8) is 0 Å². The van der Waals surface area contributed by atoms with Gasteiger partial charge in [0.05, 0.1) is 25.0 Å². The zero-order valence-electron chi connectivity index (χ0n) is 15.6. The van der Waals surface area contributed by atoms with E-state index in [9.17, 15) is 14.7 Å². The van der Waals surface area contributed by atoms with Crippen molar-refractivity contribution in [2.75, 3.05) is 13.7 Å². The van der Waals surface area contributed by atoms with Crippen molar-refractivity contribution in [3.8, 4) is 11.4 Å². The lowest BCUT2D eigenvalue weighted by Crippen LogP contribution is -2.36. The number of carboxylic acid groups (broad SMARTS) is 1. The number of fused-ring (bicyclic) bond motifs is 1. The highest BCUT2D eigenvalue weighted by Gasteiger charge is 2.31. The van der Waals surface area contributed by atoms with Gasteiger partial charge >= 0.3 is 5.97 Å². The highest BCUT2D eigenvalue weighted by molar-refractivity contribution is 9.10. The molecule has 0 radical (unpaired) electrons. The van der Waals surface area contributed by atoms with Crippen LogP contribution in [0, 0.1) is 0 Å². The average molecular weight is 456 g/mol. The summed E-state index contributed by atoms with van der Waals surface area (Å²) in [5.74, 6) is -0.669. The summed E-state index contributed by atoms with van der Waals surface area (Å²) in [5, 5.41) is 14.0. The summed E-state index contributed by atoms with van der Waals surface area (Å²) in [6, 6.07) is 14.4. The number of hydrogen-bond acceptors (Lipinski definition) is 4. The van der Waals surface area contributed by atoms with E-state index in [-0.39, 0.29) is 18.1 Å². The van der Waals surface area contributed by atoms with Crippen LogP contribution >= 0.6 is 15.9 Å². The van der Waals surface area contributed by atoms with Crippen LogP contribution < -0.4 is 4.74 Å². The van der Waals surface area contributed by atoms with Crippen LogP contribution in [0.4, 0.5) is 0 Å². The Bertz CT molecular complexity index is 1090. The molecule has 2 aromatic carbocycles. The van der Waals surface area contributed by atoms with Crippen LogP contribution in [0.5, 0.6) is 5.75 Å². The molecule has 1 aliphatic heterocycles. The van der Waals surface area contributed by atoms with Gasteiger partial charge in [0, 0.05) is 28.6 Å². The monoisotopic (exact) mass is 455 g/mol. The number of hydrogen-bond donors (Lipinski definition) is 1. The lowest BCUT2D eigenvalue weighted by molar-refractivity contribution is 0.0674. The summed E-state index contributed by atoms with van der Waals surface area (Å²) in [6.45, 7) is 0.674. The smallest absolute Gasteiger partial charge is 0.356 e. The first-order valence-corrected chi connectivity index (χ1v) is 9.80. The Kier molecular flexibility index (Phi) is 5.10. The number of rotatable bonds is 4. The molecule has 4 rings (SSSR count). The van der Waals surface area contributed by atoms with E-state index >= 15 is 0 Å². The van der Waals surface area contributed by atoms with Crippen LogP contribution in [0.3, 0.4) is 0 Å². The molecular weight excluding hydrogens is 438 g/mol. The number of methoxy groups -OCH3 is 1. The molecule has 0 bridgehead atoms. The predicted molar refractivity (Wildman–Crippen MR) is 110 cm³/mol. The van der Waals surface area contributed by atoms with Crippen molar-refractivity contribution in [1.29, 1.82) is 0 Å². The van der Waals surface area contributed by atoms with Crippen LogP contribution in [0.1, 0.15) is 32.1 Å². The van der Waals surface area contributed by atoms with E-state index in [4.69, 9.17) is 4.74 Å². The number of aromatic carboxylic acids is 1. The topological polar surface area (TPSA) is 84.7 Å². The average Bonchev–Trinajstić information content (AvgIpc) is 3.13. The summed E-state index contributed by atoms with van der Waals surface area (Å²) >= 11 is 3.40. The van der Waals surface area contributed by atoms with E-state index in [0.29, 0.717) is 29.8 Å². The minimum atomic E-state index is -1.10. The maximum absolute atomic E-state index is 13.0. The Morgan fingerprint density at radius 2 is 1.93 bits per heavy atom. The first-order valence-electron chi connectivity index (χ1n) is 9.01. The molecule has 0 spiro atoms. The van der Waals surface area contributed by atoms with Crippen molar-refractivity contribution in [2.24, 2.45) is 0 Å². The van der Waals surface area contributed by atoms with Crippen molar-refractivity contribution in [2.45, 2.75) is 13.0 Å². The van der Waals surface area contributed by atoms with Crippen LogP contribution in [-0.2, 0) is 13.0 Å². The molecule has 7 nitrogen and oxygen atoms in total. The molecule has 29 heavy (non-hydrogen) atoms. The molecule has 1 aliphatic rings. The highest BCUT2D eigenvalue weighted by atomic mass is 79.9. The first-order chi connectivity index (χ1) is 14.0. The molecule has 0 atom stereocenters. The third-order valence-corrected chi connectivity index (χ3v) is 5.46. The lowest BCUT2D eigenvalue weighted by Gasteiger charge is -2.28. The first kappa shape index (κ1) is 19.2. The highest BCUT2D eigenvalue weighted by Crippen LogP contribution is 2.27. The van der Waals surface area contributed by atoms with Gasteiger partial charge in [-0.2, -0.15) is 5.10 Å². The number of halogens is 1. The minimum Gasteiger partial charge on any atom is -0.497 e. The summed E-state index contributed by atoms with van der Waals surface area (Å²) < 4.78 is 7.79. The number of carboxylic acids is 1.